The Kier molecular flexibility index (Phi) is 2.93. The van der Waals surface area contributed by atoms with E-state index in [0.717, 1.165) is 11.6 Å². The van der Waals surface area contributed by atoms with Crippen LogP contribution in [-0.2, 0) is 0 Å². The first-order chi connectivity index (χ1) is 8.44. The van der Waals surface area contributed by atoms with Crippen LogP contribution in [0.2, 0.25) is 0 Å². The molecule has 3 N–H and O–H groups in total. The maximum atomic E-state index is 9.57. The molecule has 0 bridgehead atoms. The van der Waals surface area contributed by atoms with Crippen LogP contribution in [0.15, 0.2) is 53.8 Å². The summed E-state index contributed by atoms with van der Waals surface area (Å²) in [5.41, 5.74) is 1.55. The molecule has 0 heterocycles. The average molecular weight is 231 g/mol. The number of aliphatic hydroxyl groups excluding tert-OH is 1. The first kappa shape index (κ1) is 10.2. The van der Waals surface area contributed by atoms with E-state index in [1.807, 2.05) is 0 Å². The third-order valence-electron chi connectivity index (χ3n) is 2.42. The van der Waals surface area contributed by atoms with Gasteiger partial charge in [0.25, 0.3) is 0 Å². The molecule has 17 heavy (non-hydrogen) atoms. The molecule has 3 nitrogen and oxygen atoms in total. The highest BCUT2D eigenvalue weighted by molar-refractivity contribution is 5.54. The molecule has 1 aliphatic carbocycles. The summed E-state index contributed by atoms with van der Waals surface area (Å²) in [5, 5.41) is 28.1. The van der Waals surface area contributed by atoms with Crippen molar-refractivity contribution in [3.63, 3.8) is 0 Å². The zero-order valence-corrected chi connectivity index (χ0v) is 9.17. The van der Waals surface area contributed by atoms with Crippen LogP contribution in [0.3, 0.4) is 0 Å². The Morgan fingerprint density at radius 1 is 1.18 bits per heavy atom. The summed E-state index contributed by atoms with van der Waals surface area (Å²) in [4.78, 5) is 0. The number of aromatic hydroxyl groups is 1. The summed E-state index contributed by atoms with van der Waals surface area (Å²) in [5.74, 6) is 0.0919. The van der Waals surface area contributed by atoms with Gasteiger partial charge in [-0.1, -0.05) is 24.3 Å². The zero-order chi connectivity index (χ0) is 13.2. The van der Waals surface area contributed by atoms with Crippen LogP contribution in [0.4, 0.5) is 0 Å². The molecule has 1 aliphatic rings. The van der Waals surface area contributed by atoms with Gasteiger partial charge in [-0.2, -0.15) is 0 Å². The van der Waals surface area contributed by atoms with Gasteiger partial charge in [0.1, 0.15) is 11.5 Å². The Morgan fingerprint density at radius 3 is 2.53 bits per heavy atom. The summed E-state index contributed by atoms with van der Waals surface area (Å²) in [6.45, 7) is 0. The van der Waals surface area contributed by atoms with Crippen molar-refractivity contribution in [2.24, 2.45) is 0 Å². The van der Waals surface area contributed by atoms with Crippen molar-refractivity contribution in [1.29, 1.82) is 0 Å². The highest BCUT2D eigenvalue weighted by Crippen LogP contribution is 2.19. The summed E-state index contributed by atoms with van der Waals surface area (Å²) in [6.07, 6.45) is 4.51. The third kappa shape index (κ3) is 3.23. The smallest absolute Gasteiger partial charge is 0.115 e. The molecule has 0 amide bonds. The number of aliphatic hydroxyl groups is 2. The minimum absolute atomic E-state index is 0.107. The number of phenols is 1. The molecule has 0 aromatic heterocycles. The van der Waals surface area contributed by atoms with Crippen molar-refractivity contribution in [3.8, 4) is 5.75 Å². The first-order valence-corrected chi connectivity index (χ1v) is 5.26. The summed E-state index contributed by atoms with van der Waals surface area (Å²) in [7, 11) is 0. The number of hydrogen-bond acceptors (Lipinski definition) is 3. The standard InChI is InChI=1S/C14H14O3/c15-12-5-3-10(4-6-12)1-2-11-7-13(16)9-14(17)8-11/h1-7,9,14-17H,8H2/i14D. The molecular weight excluding hydrogens is 216 g/mol. The van der Waals surface area contributed by atoms with Crippen molar-refractivity contribution in [2.45, 2.75) is 12.5 Å². The van der Waals surface area contributed by atoms with E-state index < -0.39 is 6.08 Å². The lowest BCUT2D eigenvalue weighted by atomic mass is 10.0. The van der Waals surface area contributed by atoms with E-state index in [1.165, 1.54) is 6.08 Å². The Balaban J connectivity index is 2.15. The highest BCUT2D eigenvalue weighted by atomic mass is 16.3. The molecule has 0 fully saturated rings. The van der Waals surface area contributed by atoms with Gasteiger partial charge in [0.2, 0.25) is 0 Å². The Bertz CT molecular complexity index is 524. The van der Waals surface area contributed by atoms with E-state index in [9.17, 15) is 10.2 Å². The summed E-state index contributed by atoms with van der Waals surface area (Å²) >= 11 is 0. The van der Waals surface area contributed by atoms with Gasteiger partial charge in [0.15, 0.2) is 0 Å². The van der Waals surface area contributed by atoms with Crippen molar-refractivity contribution in [1.82, 2.24) is 0 Å². The molecule has 1 aromatic carbocycles. The van der Waals surface area contributed by atoms with Crippen molar-refractivity contribution in [2.75, 3.05) is 0 Å². The van der Waals surface area contributed by atoms with E-state index in [4.69, 9.17) is 6.48 Å². The fourth-order valence-corrected chi connectivity index (χ4v) is 1.61. The van der Waals surface area contributed by atoms with E-state index in [2.05, 4.69) is 0 Å². The second kappa shape index (κ2) is 4.89. The Hall–Kier alpha value is -2.00. The Labute approximate surface area is 101 Å². The Morgan fingerprint density at radius 2 is 1.88 bits per heavy atom. The topological polar surface area (TPSA) is 60.7 Å². The summed E-state index contributed by atoms with van der Waals surface area (Å²) < 4.78 is 7.51. The predicted molar refractivity (Wildman–Crippen MR) is 66.6 cm³/mol. The molecule has 0 aliphatic heterocycles. The highest BCUT2D eigenvalue weighted by Gasteiger charge is 2.09. The predicted octanol–water partition coefficient (Wildman–Crippen LogP) is 2.54. The molecule has 3 heteroatoms. The average Bonchev–Trinajstić information content (AvgIpc) is 2.25. The van der Waals surface area contributed by atoms with Gasteiger partial charge in [-0.25, -0.2) is 0 Å². The van der Waals surface area contributed by atoms with Gasteiger partial charge in [0, 0.05) is 6.42 Å². The van der Waals surface area contributed by atoms with Gasteiger partial charge in [-0.05, 0) is 35.4 Å². The molecule has 1 aromatic rings. The molecule has 2 rings (SSSR count). The maximum Gasteiger partial charge on any atom is 0.115 e. The normalized spacial score (nSPS) is 25.4. The second-order valence-electron chi connectivity index (χ2n) is 3.88. The van der Waals surface area contributed by atoms with E-state index in [-0.39, 0.29) is 17.9 Å². The van der Waals surface area contributed by atoms with Gasteiger partial charge in [-0.3, -0.25) is 0 Å². The van der Waals surface area contributed by atoms with Gasteiger partial charge < -0.3 is 15.3 Å². The molecule has 0 saturated heterocycles. The van der Waals surface area contributed by atoms with Crippen molar-refractivity contribution < 1.29 is 16.7 Å². The number of benzene rings is 1. The van der Waals surface area contributed by atoms with Crippen LogP contribution in [-0.4, -0.2) is 21.4 Å². The number of allylic oxidation sites excluding steroid dienone is 2. The largest absolute Gasteiger partial charge is 0.508 e. The van der Waals surface area contributed by atoms with Crippen molar-refractivity contribution >= 4 is 6.08 Å². The number of rotatable bonds is 2. The SMILES string of the molecule is [2H]C1(O)C=C(O)C=C(C=Cc2ccc(O)cc2)C1. The van der Waals surface area contributed by atoms with Crippen LogP contribution < -0.4 is 0 Å². The quantitative estimate of drug-likeness (QED) is 0.733. The molecule has 0 radical (unpaired) electrons. The van der Waals surface area contributed by atoms with Gasteiger partial charge in [0.05, 0.1) is 7.45 Å². The molecule has 0 spiro atoms. The molecule has 1 unspecified atom stereocenters. The van der Waals surface area contributed by atoms with E-state index in [0.29, 0.717) is 5.57 Å². The van der Waals surface area contributed by atoms with Crippen LogP contribution in [0.25, 0.3) is 6.08 Å². The zero-order valence-electron chi connectivity index (χ0n) is 10.2. The fourth-order valence-electron chi connectivity index (χ4n) is 1.61. The first-order valence-electron chi connectivity index (χ1n) is 5.76. The van der Waals surface area contributed by atoms with Crippen LogP contribution in [0, 0.1) is 0 Å². The lowest BCUT2D eigenvalue weighted by Gasteiger charge is -2.12. The number of hydrogen-bond donors (Lipinski definition) is 3. The molecule has 88 valence electrons. The van der Waals surface area contributed by atoms with Crippen molar-refractivity contribution in [3.05, 3.63) is 59.4 Å². The third-order valence-corrected chi connectivity index (χ3v) is 2.42. The second-order valence-corrected chi connectivity index (χ2v) is 3.88. The van der Waals surface area contributed by atoms with Crippen LogP contribution in [0.5, 0.6) is 5.75 Å². The molecule has 0 saturated carbocycles. The lowest BCUT2D eigenvalue weighted by molar-refractivity contribution is 0.216. The minimum atomic E-state index is -1.76. The monoisotopic (exact) mass is 231 g/mol. The summed E-state index contributed by atoms with van der Waals surface area (Å²) in [6, 6.07) is 6.65. The van der Waals surface area contributed by atoms with Gasteiger partial charge in [-0.15, -0.1) is 0 Å². The minimum Gasteiger partial charge on any atom is -0.508 e. The lowest BCUT2D eigenvalue weighted by Crippen LogP contribution is -2.08. The van der Waals surface area contributed by atoms with Crippen LogP contribution in [0.1, 0.15) is 13.4 Å². The van der Waals surface area contributed by atoms with E-state index >= 15 is 0 Å². The van der Waals surface area contributed by atoms with Crippen LogP contribution >= 0.6 is 0 Å². The molecule has 1 atom stereocenters. The maximum absolute atomic E-state index is 9.57. The van der Waals surface area contributed by atoms with Gasteiger partial charge >= 0.3 is 0 Å². The fraction of sp³-hybridized carbons (Fsp3) is 0.143. The van der Waals surface area contributed by atoms with E-state index in [1.54, 1.807) is 36.4 Å². The molecular formula is C14H14O3. The number of phenolic OH excluding ortho intramolecular Hbond substituents is 1.